The van der Waals surface area contributed by atoms with Gasteiger partial charge in [-0.25, -0.2) is 0 Å². The number of aromatic nitrogens is 2. The van der Waals surface area contributed by atoms with Gasteiger partial charge in [0, 0.05) is 12.0 Å². The molecule has 0 saturated heterocycles. The maximum atomic E-state index is 5.59. The molecule has 6 heteroatoms. The van der Waals surface area contributed by atoms with Crippen molar-refractivity contribution in [1.29, 1.82) is 0 Å². The molecule has 0 amide bonds. The summed E-state index contributed by atoms with van der Waals surface area (Å²) < 4.78 is 10.7. The fourth-order valence-corrected chi connectivity index (χ4v) is 2.47. The number of allylic oxidation sites excluding steroid dienone is 1. The summed E-state index contributed by atoms with van der Waals surface area (Å²) >= 11 is 1.51. The molecule has 0 fully saturated rings. The summed E-state index contributed by atoms with van der Waals surface area (Å²) in [6.45, 7) is 0.687. The molecule has 2 heterocycles. The molecule has 0 aliphatic carbocycles. The number of rotatable bonds is 5. The highest BCUT2D eigenvalue weighted by Gasteiger charge is 2.12. The number of ether oxygens (including phenoxy) is 1. The molecule has 0 bridgehead atoms. The van der Waals surface area contributed by atoms with E-state index in [9.17, 15) is 0 Å². The fourth-order valence-electron chi connectivity index (χ4n) is 1.75. The van der Waals surface area contributed by atoms with Gasteiger partial charge in [-0.15, -0.1) is 10.2 Å². The van der Waals surface area contributed by atoms with Crippen LogP contribution in [-0.4, -0.2) is 30.1 Å². The van der Waals surface area contributed by atoms with Crippen LogP contribution in [-0.2, 0) is 5.75 Å². The maximum Gasteiger partial charge on any atom is 0.277 e. The summed E-state index contributed by atoms with van der Waals surface area (Å²) in [5.41, 5.74) is 2.07. The van der Waals surface area contributed by atoms with Crippen LogP contribution >= 0.6 is 11.8 Å². The van der Waals surface area contributed by atoms with E-state index in [0.717, 1.165) is 17.1 Å². The van der Waals surface area contributed by atoms with E-state index in [1.165, 1.54) is 17.3 Å². The molecule has 0 saturated carbocycles. The summed E-state index contributed by atoms with van der Waals surface area (Å²) in [6.07, 6.45) is 3.72. The Balaban J connectivity index is 1.61. The Morgan fingerprint density at radius 2 is 2.10 bits per heavy atom. The zero-order valence-electron chi connectivity index (χ0n) is 10.9. The Labute approximate surface area is 120 Å². The first-order chi connectivity index (χ1) is 9.85. The molecule has 0 radical (unpaired) electrons. The van der Waals surface area contributed by atoms with Crippen molar-refractivity contribution in [2.75, 3.05) is 13.7 Å². The van der Waals surface area contributed by atoms with Crippen molar-refractivity contribution in [3.05, 3.63) is 41.8 Å². The summed E-state index contributed by atoms with van der Waals surface area (Å²) in [5.74, 6) is 2.16. The van der Waals surface area contributed by atoms with Crippen LogP contribution in [0.5, 0.6) is 5.75 Å². The zero-order valence-corrected chi connectivity index (χ0v) is 11.8. The van der Waals surface area contributed by atoms with Gasteiger partial charge >= 0.3 is 0 Å². The molecule has 0 unspecified atom stereocenters. The third-order valence-electron chi connectivity index (χ3n) is 2.82. The average Bonchev–Trinajstić information content (AvgIpc) is 3.16. The van der Waals surface area contributed by atoms with E-state index in [1.54, 1.807) is 13.3 Å². The Kier molecular flexibility index (Phi) is 3.83. The Morgan fingerprint density at radius 1 is 1.25 bits per heavy atom. The first-order valence-corrected chi connectivity index (χ1v) is 7.13. The van der Waals surface area contributed by atoms with Gasteiger partial charge < -0.3 is 9.15 Å². The van der Waals surface area contributed by atoms with E-state index >= 15 is 0 Å². The molecule has 1 aromatic carbocycles. The highest BCUT2D eigenvalue weighted by Crippen LogP contribution is 2.24. The van der Waals surface area contributed by atoms with Crippen LogP contribution in [0.3, 0.4) is 0 Å². The largest absolute Gasteiger partial charge is 0.497 e. The van der Waals surface area contributed by atoms with Crippen LogP contribution in [0.4, 0.5) is 0 Å². The third-order valence-corrected chi connectivity index (χ3v) is 3.71. The lowest BCUT2D eigenvalue weighted by Crippen LogP contribution is -1.84. The smallest absolute Gasteiger partial charge is 0.277 e. The van der Waals surface area contributed by atoms with Gasteiger partial charge in [-0.1, -0.05) is 23.9 Å². The predicted octanol–water partition coefficient (Wildman–Crippen LogP) is 2.84. The number of aliphatic imine (C=N–C) groups is 1. The van der Waals surface area contributed by atoms with Crippen molar-refractivity contribution in [3.63, 3.8) is 0 Å². The van der Waals surface area contributed by atoms with Crippen LogP contribution in [0, 0.1) is 0 Å². The van der Waals surface area contributed by atoms with Crippen LogP contribution in [0.15, 0.2) is 45.0 Å². The van der Waals surface area contributed by atoms with E-state index in [1.807, 2.05) is 30.3 Å². The van der Waals surface area contributed by atoms with Gasteiger partial charge in [0.1, 0.15) is 5.75 Å². The van der Waals surface area contributed by atoms with Gasteiger partial charge in [-0.05, 0) is 23.8 Å². The van der Waals surface area contributed by atoms with E-state index in [4.69, 9.17) is 9.15 Å². The Bertz CT molecular complexity index is 647. The molecular formula is C14H13N3O2S. The SMILES string of the molecule is COc1ccc(CSc2nnc(C3=CCN=C3)o2)cc1. The molecule has 0 spiro atoms. The molecule has 1 aliphatic heterocycles. The van der Waals surface area contributed by atoms with E-state index in [2.05, 4.69) is 15.2 Å². The molecule has 0 atom stereocenters. The summed E-state index contributed by atoms with van der Waals surface area (Å²) in [5, 5.41) is 8.62. The second-order valence-electron chi connectivity index (χ2n) is 4.16. The van der Waals surface area contributed by atoms with Gasteiger partial charge in [-0.3, -0.25) is 4.99 Å². The Morgan fingerprint density at radius 3 is 2.80 bits per heavy atom. The average molecular weight is 287 g/mol. The van der Waals surface area contributed by atoms with E-state index < -0.39 is 0 Å². The first-order valence-electron chi connectivity index (χ1n) is 6.15. The lowest BCUT2D eigenvalue weighted by atomic mass is 10.2. The number of nitrogens with zero attached hydrogens (tertiary/aromatic N) is 3. The minimum atomic E-state index is 0.531. The second-order valence-corrected chi connectivity index (χ2v) is 5.09. The fraction of sp³-hybridized carbons (Fsp3) is 0.214. The third kappa shape index (κ3) is 2.91. The van der Waals surface area contributed by atoms with Crippen molar-refractivity contribution in [1.82, 2.24) is 10.2 Å². The van der Waals surface area contributed by atoms with Gasteiger partial charge in [0.05, 0.1) is 19.2 Å². The summed E-state index contributed by atoms with van der Waals surface area (Å²) in [6, 6.07) is 7.93. The lowest BCUT2D eigenvalue weighted by molar-refractivity contribution is 0.414. The molecule has 0 N–H and O–H groups in total. The summed E-state index contributed by atoms with van der Waals surface area (Å²) in [4.78, 5) is 4.10. The van der Waals surface area contributed by atoms with Crippen LogP contribution in [0.2, 0.25) is 0 Å². The minimum Gasteiger partial charge on any atom is -0.497 e. The second kappa shape index (κ2) is 5.92. The number of benzene rings is 1. The van der Waals surface area contributed by atoms with Crippen LogP contribution in [0.1, 0.15) is 11.5 Å². The maximum absolute atomic E-state index is 5.59. The normalized spacial score (nSPS) is 13.6. The van der Waals surface area contributed by atoms with Crippen molar-refractivity contribution in [2.24, 2.45) is 4.99 Å². The van der Waals surface area contributed by atoms with Crippen molar-refractivity contribution in [3.8, 4) is 5.75 Å². The highest BCUT2D eigenvalue weighted by molar-refractivity contribution is 7.98. The van der Waals surface area contributed by atoms with Crippen LogP contribution in [0.25, 0.3) is 5.57 Å². The first kappa shape index (κ1) is 12.9. The zero-order chi connectivity index (χ0) is 13.8. The Hall–Kier alpha value is -2.08. The molecule has 5 nitrogen and oxygen atoms in total. The van der Waals surface area contributed by atoms with E-state index in [-0.39, 0.29) is 0 Å². The van der Waals surface area contributed by atoms with Crippen molar-refractivity contribution in [2.45, 2.75) is 11.0 Å². The monoisotopic (exact) mass is 287 g/mol. The topological polar surface area (TPSA) is 60.5 Å². The van der Waals surface area contributed by atoms with E-state index in [0.29, 0.717) is 17.7 Å². The minimum absolute atomic E-state index is 0.531. The van der Waals surface area contributed by atoms with Gasteiger partial charge in [0.15, 0.2) is 0 Å². The quantitative estimate of drug-likeness (QED) is 0.791. The highest BCUT2D eigenvalue weighted by atomic mass is 32.2. The number of methoxy groups -OCH3 is 1. The molecular weight excluding hydrogens is 274 g/mol. The summed E-state index contributed by atoms with van der Waals surface area (Å²) in [7, 11) is 1.66. The number of hydrogen-bond donors (Lipinski definition) is 0. The predicted molar refractivity (Wildman–Crippen MR) is 78.2 cm³/mol. The van der Waals surface area contributed by atoms with Crippen molar-refractivity contribution >= 4 is 23.5 Å². The van der Waals surface area contributed by atoms with Crippen molar-refractivity contribution < 1.29 is 9.15 Å². The molecule has 1 aliphatic rings. The van der Waals surface area contributed by atoms with Crippen LogP contribution < -0.4 is 4.74 Å². The molecule has 102 valence electrons. The van der Waals surface area contributed by atoms with Gasteiger partial charge in [-0.2, -0.15) is 0 Å². The standard InChI is InChI=1S/C14H13N3O2S/c1-18-12-4-2-10(3-5-12)9-20-14-17-16-13(19-14)11-6-7-15-8-11/h2-6,8H,7,9H2,1H3. The molecule has 3 rings (SSSR count). The number of thioether (sulfide) groups is 1. The lowest BCUT2D eigenvalue weighted by Gasteiger charge is -2.01. The van der Waals surface area contributed by atoms with Gasteiger partial charge in [0.25, 0.3) is 5.22 Å². The molecule has 2 aromatic rings. The van der Waals surface area contributed by atoms with Gasteiger partial charge in [0.2, 0.25) is 5.89 Å². The molecule has 1 aromatic heterocycles. The number of hydrogen-bond acceptors (Lipinski definition) is 6. The molecule has 20 heavy (non-hydrogen) atoms.